The molecule has 1 aromatic rings. The van der Waals surface area contributed by atoms with Crippen LogP contribution in [0.1, 0.15) is 37.0 Å². The largest absolute Gasteiger partial charge is 0.365 e. The summed E-state index contributed by atoms with van der Waals surface area (Å²) < 4.78 is 0. The number of nitrogens with one attached hydrogen (secondary N) is 2. The summed E-state index contributed by atoms with van der Waals surface area (Å²) in [6.07, 6.45) is 4.12. The van der Waals surface area contributed by atoms with Gasteiger partial charge in [0.1, 0.15) is 5.69 Å². The van der Waals surface area contributed by atoms with Gasteiger partial charge in [0.25, 0.3) is 11.6 Å². The third kappa shape index (κ3) is 4.86. The summed E-state index contributed by atoms with van der Waals surface area (Å²) in [6, 6.07) is 4.82. The predicted molar refractivity (Wildman–Crippen MR) is 106 cm³/mol. The second-order valence-corrected chi connectivity index (χ2v) is 7.81. The molecule has 2 unspecified atom stereocenters. The van der Waals surface area contributed by atoms with Gasteiger partial charge in [-0.2, -0.15) is 0 Å². The van der Waals surface area contributed by atoms with Gasteiger partial charge in [-0.15, -0.1) is 0 Å². The van der Waals surface area contributed by atoms with E-state index in [2.05, 4.69) is 35.5 Å². The molecule has 0 aliphatic carbocycles. The topological polar surface area (TPSA) is 87.5 Å². The average molecular weight is 372 g/mol. The molecule has 1 aromatic carbocycles. The predicted octanol–water partition coefficient (Wildman–Crippen LogP) is 2.73. The van der Waals surface area contributed by atoms with Crippen molar-refractivity contribution in [2.45, 2.75) is 26.7 Å². The Labute approximate surface area is 160 Å². The number of nitro benzene ring substituents is 1. The van der Waals surface area contributed by atoms with Crippen molar-refractivity contribution in [2.24, 2.45) is 11.8 Å². The first-order valence-electron chi connectivity index (χ1n) is 9.64. The van der Waals surface area contributed by atoms with Gasteiger partial charge in [0.15, 0.2) is 0 Å². The minimum Gasteiger partial charge on any atom is -0.365 e. The van der Waals surface area contributed by atoms with E-state index in [1.165, 1.54) is 11.6 Å². The van der Waals surface area contributed by atoms with Gasteiger partial charge in [-0.3, -0.25) is 14.9 Å². The summed E-state index contributed by atoms with van der Waals surface area (Å²) in [6.45, 7) is 8.17. The van der Waals surface area contributed by atoms with Crippen LogP contribution >= 0.6 is 0 Å². The molecular weight excluding hydrogens is 344 g/mol. The number of amides is 1. The summed E-state index contributed by atoms with van der Waals surface area (Å²) >= 11 is 0. The van der Waals surface area contributed by atoms with Crippen LogP contribution in [0.25, 0.3) is 0 Å². The SMILES string of the molecule is CC1CC(C)CN(c2ccc(C(=O)NCC3=CCNCC3)cc2[N+](=O)[O-])C1. The van der Waals surface area contributed by atoms with E-state index in [4.69, 9.17) is 0 Å². The molecule has 0 saturated carbocycles. The highest BCUT2D eigenvalue weighted by atomic mass is 16.6. The Morgan fingerprint density at radius 1 is 1.33 bits per heavy atom. The maximum atomic E-state index is 12.5. The van der Waals surface area contributed by atoms with Crippen LogP contribution in [0.4, 0.5) is 11.4 Å². The first kappa shape index (κ1) is 19.4. The minimum atomic E-state index is -0.384. The van der Waals surface area contributed by atoms with E-state index in [1.54, 1.807) is 12.1 Å². The summed E-state index contributed by atoms with van der Waals surface area (Å²) in [5, 5.41) is 17.7. The molecule has 2 aliphatic heterocycles. The summed E-state index contributed by atoms with van der Waals surface area (Å²) in [4.78, 5) is 25.8. The van der Waals surface area contributed by atoms with E-state index in [0.717, 1.165) is 39.0 Å². The number of piperidine rings is 1. The molecule has 146 valence electrons. The number of nitro groups is 1. The molecular formula is C20H28N4O3. The van der Waals surface area contributed by atoms with Crippen molar-refractivity contribution in [3.05, 3.63) is 45.5 Å². The molecule has 1 amide bonds. The van der Waals surface area contributed by atoms with E-state index < -0.39 is 0 Å². The molecule has 27 heavy (non-hydrogen) atoms. The zero-order valence-electron chi connectivity index (χ0n) is 16.0. The molecule has 2 aliphatic rings. The Hall–Kier alpha value is -2.41. The lowest BCUT2D eigenvalue weighted by atomic mass is 9.91. The van der Waals surface area contributed by atoms with Crippen LogP contribution in [-0.4, -0.2) is 43.6 Å². The van der Waals surface area contributed by atoms with Gasteiger partial charge in [-0.1, -0.05) is 25.5 Å². The van der Waals surface area contributed by atoms with Gasteiger partial charge in [0.2, 0.25) is 0 Å². The first-order valence-corrected chi connectivity index (χ1v) is 9.64. The molecule has 7 heteroatoms. The summed E-state index contributed by atoms with van der Waals surface area (Å²) in [5.41, 5.74) is 2.13. The highest BCUT2D eigenvalue weighted by Crippen LogP contribution is 2.33. The van der Waals surface area contributed by atoms with Crippen LogP contribution in [-0.2, 0) is 0 Å². The molecule has 3 rings (SSSR count). The minimum absolute atomic E-state index is 0.00466. The van der Waals surface area contributed by atoms with Crippen molar-refractivity contribution in [1.29, 1.82) is 0 Å². The standard InChI is InChI=1S/C20H28N4O3/c1-14-9-15(2)13-23(12-14)18-4-3-17(10-19(18)24(26)27)20(25)22-11-16-5-7-21-8-6-16/h3-5,10,14-15,21H,6-9,11-13H2,1-2H3,(H,22,25). The number of carbonyl (C=O) groups is 1. The molecule has 0 aromatic heterocycles. The molecule has 0 radical (unpaired) electrons. The van der Waals surface area contributed by atoms with Crippen LogP contribution in [0.5, 0.6) is 0 Å². The van der Waals surface area contributed by atoms with Crippen molar-refractivity contribution in [1.82, 2.24) is 10.6 Å². The van der Waals surface area contributed by atoms with Crippen LogP contribution in [0, 0.1) is 22.0 Å². The number of hydrogen-bond donors (Lipinski definition) is 2. The van der Waals surface area contributed by atoms with Gasteiger partial charge in [-0.25, -0.2) is 0 Å². The highest BCUT2D eigenvalue weighted by Gasteiger charge is 2.27. The zero-order valence-corrected chi connectivity index (χ0v) is 16.0. The Bertz CT molecular complexity index is 737. The quantitative estimate of drug-likeness (QED) is 0.471. The van der Waals surface area contributed by atoms with Crippen molar-refractivity contribution in [2.75, 3.05) is 37.6 Å². The maximum absolute atomic E-state index is 12.5. The van der Waals surface area contributed by atoms with Crippen molar-refractivity contribution in [3.63, 3.8) is 0 Å². The van der Waals surface area contributed by atoms with Crippen LogP contribution in [0.2, 0.25) is 0 Å². The van der Waals surface area contributed by atoms with Crippen LogP contribution < -0.4 is 15.5 Å². The van der Waals surface area contributed by atoms with Crippen molar-refractivity contribution < 1.29 is 9.72 Å². The Morgan fingerprint density at radius 3 is 2.70 bits per heavy atom. The van der Waals surface area contributed by atoms with Crippen molar-refractivity contribution in [3.8, 4) is 0 Å². The molecule has 1 fully saturated rings. The third-order valence-electron chi connectivity index (χ3n) is 5.28. The second kappa shape index (κ2) is 8.52. The zero-order chi connectivity index (χ0) is 19.4. The normalized spacial score (nSPS) is 22.9. The van der Waals surface area contributed by atoms with E-state index in [1.807, 2.05) is 0 Å². The lowest BCUT2D eigenvalue weighted by Gasteiger charge is -2.36. The fraction of sp³-hybridized carbons (Fsp3) is 0.550. The number of benzene rings is 1. The second-order valence-electron chi connectivity index (χ2n) is 7.81. The van der Waals surface area contributed by atoms with Crippen molar-refractivity contribution >= 4 is 17.3 Å². The van der Waals surface area contributed by atoms with Crippen LogP contribution in [0.3, 0.4) is 0 Å². The van der Waals surface area contributed by atoms with E-state index in [-0.39, 0.29) is 16.5 Å². The molecule has 7 nitrogen and oxygen atoms in total. The Morgan fingerprint density at radius 2 is 2.07 bits per heavy atom. The number of hydrogen-bond acceptors (Lipinski definition) is 5. The third-order valence-corrected chi connectivity index (χ3v) is 5.28. The fourth-order valence-electron chi connectivity index (χ4n) is 4.06. The number of rotatable bonds is 5. The van der Waals surface area contributed by atoms with Gasteiger partial charge < -0.3 is 15.5 Å². The Balaban J connectivity index is 1.75. The number of nitrogens with zero attached hydrogens (tertiary/aromatic N) is 2. The summed E-state index contributed by atoms with van der Waals surface area (Å²) in [7, 11) is 0. The summed E-state index contributed by atoms with van der Waals surface area (Å²) in [5.74, 6) is 0.716. The van der Waals surface area contributed by atoms with Crippen LogP contribution in [0.15, 0.2) is 29.8 Å². The maximum Gasteiger partial charge on any atom is 0.293 e. The molecule has 0 bridgehead atoms. The monoisotopic (exact) mass is 372 g/mol. The average Bonchev–Trinajstić information content (AvgIpc) is 2.65. The smallest absolute Gasteiger partial charge is 0.293 e. The molecule has 2 N–H and O–H groups in total. The first-order chi connectivity index (χ1) is 12.9. The molecule has 1 saturated heterocycles. The molecule has 0 spiro atoms. The molecule has 2 heterocycles. The lowest BCUT2D eigenvalue weighted by Crippen LogP contribution is -2.39. The number of carbonyl (C=O) groups excluding carboxylic acids is 1. The van der Waals surface area contributed by atoms with Gasteiger partial charge in [-0.05, 0) is 43.4 Å². The number of anilines is 1. The molecule has 2 atom stereocenters. The van der Waals surface area contributed by atoms with Gasteiger partial charge in [0.05, 0.1) is 4.92 Å². The van der Waals surface area contributed by atoms with E-state index in [0.29, 0.717) is 29.6 Å². The Kier molecular flexibility index (Phi) is 6.11. The van der Waals surface area contributed by atoms with E-state index >= 15 is 0 Å². The highest BCUT2D eigenvalue weighted by molar-refractivity contribution is 5.96. The lowest BCUT2D eigenvalue weighted by molar-refractivity contribution is -0.384. The van der Waals surface area contributed by atoms with Gasteiger partial charge in [0, 0.05) is 37.8 Å². The van der Waals surface area contributed by atoms with E-state index in [9.17, 15) is 14.9 Å². The van der Waals surface area contributed by atoms with Gasteiger partial charge >= 0.3 is 0 Å². The fourth-order valence-corrected chi connectivity index (χ4v) is 4.06.